The maximum Gasteiger partial charge on any atom is 0.167 e. The van der Waals surface area contributed by atoms with Gasteiger partial charge in [-0.25, -0.2) is 19.9 Å². The van der Waals surface area contributed by atoms with E-state index in [1.807, 2.05) is 0 Å². The number of aliphatic hydroxyl groups excluding tert-OH is 2. The Hall–Kier alpha value is -2.66. The number of anilines is 1. The zero-order valence-electron chi connectivity index (χ0n) is 13.9. The fourth-order valence-corrected chi connectivity index (χ4v) is 3.29. The van der Waals surface area contributed by atoms with Gasteiger partial charge >= 0.3 is 0 Å². The summed E-state index contributed by atoms with van der Waals surface area (Å²) < 4.78 is 7.25. The molecule has 4 heterocycles. The van der Waals surface area contributed by atoms with Gasteiger partial charge in [-0.1, -0.05) is 0 Å². The Labute approximate surface area is 147 Å². The van der Waals surface area contributed by atoms with Gasteiger partial charge in [-0.15, -0.1) is 0 Å². The van der Waals surface area contributed by atoms with E-state index < -0.39 is 30.6 Å². The molecule has 26 heavy (non-hydrogen) atoms. The molecular weight excluding hydrogens is 340 g/mol. The molecule has 0 unspecified atom stereocenters. The highest BCUT2D eigenvalue weighted by atomic mass is 16.6. The van der Waals surface area contributed by atoms with Gasteiger partial charge in [0.25, 0.3) is 0 Å². The first-order valence-electron chi connectivity index (χ1n) is 8.00. The second kappa shape index (κ2) is 5.95. The summed E-state index contributed by atoms with van der Waals surface area (Å²) in [5.41, 5.74) is 5.35. The minimum absolute atomic E-state index is 0.230. The quantitative estimate of drug-likeness (QED) is 0.484. The molecular formula is C16H18N6O4. The third kappa shape index (κ3) is 2.35. The van der Waals surface area contributed by atoms with Gasteiger partial charge in [0, 0.05) is 18.6 Å². The van der Waals surface area contributed by atoms with Crippen LogP contribution in [0.1, 0.15) is 13.2 Å². The van der Waals surface area contributed by atoms with E-state index in [0.717, 1.165) is 0 Å². The largest absolute Gasteiger partial charge is 0.394 e. The summed E-state index contributed by atoms with van der Waals surface area (Å²) in [4.78, 5) is 16.7. The zero-order valence-corrected chi connectivity index (χ0v) is 13.9. The molecule has 1 saturated heterocycles. The lowest BCUT2D eigenvalue weighted by atomic mass is 9.96. The molecule has 0 amide bonds. The van der Waals surface area contributed by atoms with Crippen molar-refractivity contribution in [2.75, 3.05) is 12.3 Å². The van der Waals surface area contributed by atoms with Crippen molar-refractivity contribution in [2.45, 2.75) is 31.0 Å². The van der Waals surface area contributed by atoms with Crippen LogP contribution in [0.2, 0.25) is 0 Å². The molecule has 10 nitrogen and oxygen atoms in total. The summed E-state index contributed by atoms with van der Waals surface area (Å²) in [5.74, 6) is 0.641. The van der Waals surface area contributed by atoms with E-state index >= 15 is 0 Å². The minimum atomic E-state index is -1.66. The molecule has 0 spiro atoms. The number of aliphatic hydroxyl groups is 3. The summed E-state index contributed by atoms with van der Waals surface area (Å²) in [6.45, 7) is 1.01. The molecule has 0 bridgehead atoms. The van der Waals surface area contributed by atoms with Gasteiger partial charge < -0.3 is 30.4 Å². The summed E-state index contributed by atoms with van der Waals surface area (Å²) in [6, 6.07) is 1.69. The second-order valence-corrected chi connectivity index (χ2v) is 6.36. The molecule has 0 aliphatic carbocycles. The van der Waals surface area contributed by atoms with Crippen LogP contribution in [0, 0.1) is 0 Å². The minimum Gasteiger partial charge on any atom is -0.394 e. The lowest BCUT2D eigenvalue weighted by molar-refractivity contribution is -0.0948. The Bertz CT molecular complexity index is 945. The summed E-state index contributed by atoms with van der Waals surface area (Å²) in [7, 11) is 0. The highest BCUT2D eigenvalue weighted by Gasteiger charge is 2.53. The first-order chi connectivity index (χ1) is 12.4. The molecule has 3 aromatic heterocycles. The number of nitrogen functional groups attached to an aromatic ring is 1. The molecule has 3 aromatic rings. The van der Waals surface area contributed by atoms with Crippen molar-refractivity contribution in [2.24, 2.45) is 0 Å². The monoisotopic (exact) mass is 358 g/mol. The highest BCUT2D eigenvalue weighted by molar-refractivity contribution is 5.99. The zero-order chi connectivity index (χ0) is 18.5. The number of nitrogens with two attached hydrogens (primary N) is 1. The van der Waals surface area contributed by atoms with Crippen LogP contribution in [0.3, 0.4) is 0 Å². The number of nitrogens with zero attached hydrogens (tertiary/aromatic N) is 5. The molecule has 5 N–H and O–H groups in total. The molecule has 1 fully saturated rings. The van der Waals surface area contributed by atoms with Crippen LogP contribution >= 0.6 is 0 Å². The fraction of sp³-hybridized carbons (Fsp3) is 0.375. The van der Waals surface area contributed by atoms with E-state index in [1.165, 1.54) is 13.3 Å². The van der Waals surface area contributed by atoms with Gasteiger partial charge in [0.1, 0.15) is 35.6 Å². The third-order valence-corrected chi connectivity index (χ3v) is 4.63. The Balaban J connectivity index is 1.94. The average molecular weight is 358 g/mol. The van der Waals surface area contributed by atoms with Crippen molar-refractivity contribution in [3.8, 4) is 11.4 Å². The number of rotatable bonds is 3. The molecule has 4 rings (SSSR count). The normalized spacial score (nSPS) is 28.7. The van der Waals surface area contributed by atoms with Crippen molar-refractivity contribution in [1.29, 1.82) is 0 Å². The SMILES string of the molecule is C[C@@]1(O)[C@H](O)[C@@H](CO)O[C@H]1n1cc(-c2ncccn2)c2c(N)ncnc21. The summed E-state index contributed by atoms with van der Waals surface area (Å²) in [5, 5.41) is 31.0. The lowest BCUT2D eigenvalue weighted by Gasteiger charge is -2.27. The van der Waals surface area contributed by atoms with E-state index in [9.17, 15) is 15.3 Å². The van der Waals surface area contributed by atoms with Crippen LogP contribution in [0.5, 0.6) is 0 Å². The Morgan fingerprint density at radius 3 is 2.65 bits per heavy atom. The maximum absolute atomic E-state index is 10.8. The highest BCUT2D eigenvalue weighted by Crippen LogP contribution is 2.42. The van der Waals surface area contributed by atoms with Gasteiger partial charge in [0.2, 0.25) is 0 Å². The Kier molecular flexibility index (Phi) is 3.84. The van der Waals surface area contributed by atoms with Gasteiger partial charge in [-0.2, -0.15) is 0 Å². The van der Waals surface area contributed by atoms with Crippen LogP contribution in [-0.2, 0) is 4.74 Å². The van der Waals surface area contributed by atoms with E-state index in [-0.39, 0.29) is 5.82 Å². The van der Waals surface area contributed by atoms with Gasteiger partial charge in [-0.3, -0.25) is 0 Å². The molecule has 1 aliphatic heterocycles. The number of fused-ring (bicyclic) bond motifs is 1. The average Bonchev–Trinajstić information content (AvgIpc) is 3.13. The predicted octanol–water partition coefficient (Wildman–Crippen LogP) is -0.528. The second-order valence-electron chi connectivity index (χ2n) is 6.36. The molecule has 0 saturated carbocycles. The van der Waals surface area contributed by atoms with E-state index in [2.05, 4.69) is 19.9 Å². The van der Waals surface area contributed by atoms with Crippen LogP contribution in [0.4, 0.5) is 5.82 Å². The first kappa shape index (κ1) is 16.8. The Morgan fingerprint density at radius 1 is 1.27 bits per heavy atom. The molecule has 0 aromatic carbocycles. The van der Waals surface area contributed by atoms with Crippen molar-refractivity contribution in [1.82, 2.24) is 24.5 Å². The smallest absolute Gasteiger partial charge is 0.167 e. The number of ether oxygens (including phenoxy) is 1. The van der Waals surface area contributed by atoms with Crippen molar-refractivity contribution < 1.29 is 20.1 Å². The molecule has 4 atom stereocenters. The van der Waals surface area contributed by atoms with Crippen LogP contribution in [0.15, 0.2) is 31.0 Å². The Morgan fingerprint density at radius 2 is 2.00 bits per heavy atom. The molecule has 0 radical (unpaired) electrons. The summed E-state index contributed by atoms with van der Waals surface area (Å²) in [6.07, 6.45) is 2.94. The number of aromatic nitrogens is 5. The lowest BCUT2D eigenvalue weighted by Crippen LogP contribution is -2.44. The first-order valence-corrected chi connectivity index (χ1v) is 8.00. The molecule has 1 aliphatic rings. The maximum atomic E-state index is 10.8. The summed E-state index contributed by atoms with van der Waals surface area (Å²) >= 11 is 0. The third-order valence-electron chi connectivity index (χ3n) is 4.63. The van der Waals surface area contributed by atoms with Crippen molar-refractivity contribution in [3.63, 3.8) is 0 Å². The van der Waals surface area contributed by atoms with Crippen molar-refractivity contribution in [3.05, 3.63) is 31.0 Å². The standard InChI is InChI=1S/C16H18N6O4/c1-16(25)11(24)9(6-23)26-15(16)22-5-8(13-18-3-2-4-19-13)10-12(17)20-7-21-14(10)22/h2-5,7,9,11,15,23-25H,6H2,1H3,(H2,17,20,21)/t9-,11-,15-,16-/m1/s1. The molecule has 10 heteroatoms. The van der Waals surface area contributed by atoms with Gasteiger partial charge in [0.05, 0.1) is 17.6 Å². The van der Waals surface area contributed by atoms with Crippen LogP contribution in [0.25, 0.3) is 22.4 Å². The number of hydrogen-bond acceptors (Lipinski definition) is 9. The predicted molar refractivity (Wildman–Crippen MR) is 90.6 cm³/mol. The topological polar surface area (TPSA) is 152 Å². The van der Waals surface area contributed by atoms with E-state index in [0.29, 0.717) is 22.4 Å². The van der Waals surface area contributed by atoms with Gasteiger partial charge in [-0.05, 0) is 13.0 Å². The van der Waals surface area contributed by atoms with Crippen molar-refractivity contribution >= 4 is 16.9 Å². The number of hydrogen-bond donors (Lipinski definition) is 4. The van der Waals surface area contributed by atoms with E-state index in [4.69, 9.17) is 10.5 Å². The molecule has 136 valence electrons. The fourth-order valence-electron chi connectivity index (χ4n) is 3.29. The van der Waals surface area contributed by atoms with Crippen LogP contribution in [-0.4, -0.2) is 64.2 Å². The van der Waals surface area contributed by atoms with E-state index in [1.54, 1.807) is 29.2 Å². The van der Waals surface area contributed by atoms with Gasteiger partial charge in [0.15, 0.2) is 12.1 Å². The van der Waals surface area contributed by atoms with Crippen LogP contribution < -0.4 is 5.73 Å².